The molecule has 0 spiro atoms. The molecule has 1 N–H and O–H groups in total. The molecule has 1 aliphatic heterocycles. The van der Waals surface area contributed by atoms with Gasteiger partial charge in [-0.1, -0.05) is 18.8 Å². The van der Waals surface area contributed by atoms with Gasteiger partial charge < -0.3 is 19.6 Å². The fraction of sp³-hybridized carbons (Fsp3) is 0.444. The molecule has 1 aliphatic rings. The first-order valence-electron chi connectivity index (χ1n) is 11.8. The number of carbonyl (C=O) groups excluding carboxylic acids is 2. The van der Waals surface area contributed by atoms with Crippen LogP contribution in [0, 0.1) is 23.6 Å². The van der Waals surface area contributed by atoms with Crippen molar-refractivity contribution in [3.63, 3.8) is 0 Å². The summed E-state index contributed by atoms with van der Waals surface area (Å²) in [6, 6.07) is 6.61. The summed E-state index contributed by atoms with van der Waals surface area (Å²) >= 11 is 0. The minimum Gasteiger partial charge on any atom is -0.472 e. The molecular weight excluding hydrogens is 463 g/mol. The number of fused-ring (bicyclic) bond motifs is 1. The van der Waals surface area contributed by atoms with Crippen molar-refractivity contribution in [1.82, 2.24) is 19.7 Å². The molecule has 8 nitrogen and oxygen atoms in total. The molecule has 1 aromatic heterocycles. The van der Waals surface area contributed by atoms with Crippen molar-refractivity contribution in [1.29, 1.82) is 0 Å². The van der Waals surface area contributed by atoms with Crippen molar-refractivity contribution in [2.24, 2.45) is 5.92 Å². The molecule has 0 radical (unpaired) electrons. The lowest BCUT2D eigenvalue weighted by molar-refractivity contribution is 0.0313. The quantitative estimate of drug-likeness (QED) is 0.617. The number of likely N-dealkylation sites (N-methyl/N-ethyl adjacent to an activating group) is 1. The van der Waals surface area contributed by atoms with Crippen LogP contribution >= 0.6 is 0 Å². The summed E-state index contributed by atoms with van der Waals surface area (Å²) in [7, 11) is 5.48. The molecule has 0 unspecified atom stereocenters. The van der Waals surface area contributed by atoms with Crippen molar-refractivity contribution in [2.75, 3.05) is 47.4 Å². The molecule has 0 bridgehead atoms. The average molecular weight is 497 g/mol. The number of aromatic nitrogens is 1. The van der Waals surface area contributed by atoms with Crippen LogP contribution in [0.2, 0.25) is 0 Å². The van der Waals surface area contributed by atoms with Crippen LogP contribution in [0.15, 0.2) is 36.5 Å². The Morgan fingerprint density at radius 1 is 1.31 bits per heavy atom. The van der Waals surface area contributed by atoms with Crippen LogP contribution < -0.4 is 4.74 Å². The number of hydrogen-bond acceptors (Lipinski definition) is 6. The van der Waals surface area contributed by atoms with Crippen LogP contribution in [-0.4, -0.2) is 96.1 Å². The molecule has 3 rings (SSSR count). The van der Waals surface area contributed by atoms with E-state index in [0.717, 1.165) is 0 Å². The number of amides is 2. The van der Waals surface area contributed by atoms with Crippen LogP contribution in [-0.2, 0) is 0 Å². The van der Waals surface area contributed by atoms with Crippen molar-refractivity contribution in [3.8, 4) is 17.7 Å². The Bertz CT molecular complexity index is 1140. The predicted octanol–water partition coefficient (Wildman–Crippen LogP) is 2.13. The molecule has 0 saturated carbocycles. The third kappa shape index (κ3) is 6.59. The maximum absolute atomic E-state index is 13.5. The third-order valence-electron chi connectivity index (χ3n) is 6.04. The highest BCUT2D eigenvalue weighted by Crippen LogP contribution is 2.27. The maximum Gasteiger partial charge on any atom is 0.259 e. The van der Waals surface area contributed by atoms with Gasteiger partial charge in [0.25, 0.3) is 11.8 Å². The van der Waals surface area contributed by atoms with Crippen molar-refractivity contribution in [2.45, 2.75) is 26.0 Å². The number of rotatable bonds is 6. The Morgan fingerprint density at radius 3 is 2.64 bits per heavy atom. The fourth-order valence-corrected chi connectivity index (χ4v) is 3.85. The zero-order valence-electron chi connectivity index (χ0n) is 21.4. The normalized spacial score (nSPS) is 18.3. The number of nitrogens with zero attached hydrogens (tertiary/aromatic N) is 4. The van der Waals surface area contributed by atoms with E-state index >= 15 is 0 Å². The Kier molecular flexibility index (Phi) is 9.02. The van der Waals surface area contributed by atoms with Crippen LogP contribution in [0.3, 0.4) is 0 Å². The summed E-state index contributed by atoms with van der Waals surface area (Å²) in [5, 5.41) is 9.81. The number of pyridine rings is 1. The van der Waals surface area contributed by atoms with E-state index in [9.17, 15) is 19.1 Å². The SMILES string of the molecule is C[C@@H]1CN([C@H](C)CO)C(=O)c2cc(C#CCN(C)C)cnc2O[C@H]1CN(C)C(=O)c1ccc(F)cc1. The van der Waals surface area contributed by atoms with Crippen LogP contribution in [0.1, 0.15) is 40.1 Å². The summed E-state index contributed by atoms with van der Waals surface area (Å²) in [6.07, 6.45) is 1.07. The highest BCUT2D eigenvalue weighted by Gasteiger charge is 2.34. The lowest BCUT2D eigenvalue weighted by Gasteiger charge is -2.37. The molecule has 192 valence electrons. The van der Waals surface area contributed by atoms with E-state index in [4.69, 9.17) is 4.74 Å². The first-order chi connectivity index (χ1) is 17.1. The molecule has 0 saturated heterocycles. The monoisotopic (exact) mass is 496 g/mol. The zero-order valence-corrected chi connectivity index (χ0v) is 21.4. The fourth-order valence-electron chi connectivity index (χ4n) is 3.85. The maximum atomic E-state index is 13.5. The van der Waals surface area contributed by atoms with Crippen LogP contribution in [0.4, 0.5) is 4.39 Å². The minimum atomic E-state index is -0.488. The smallest absolute Gasteiger partial charge is 0.259 e. The molecule has 0 fully saturated rings. The van der Waals surface area contributed by atoms with E-state index in [1.165, 1.54) is 29.2 Å². The van der Waals surface area contributed by atoms with E-state index in [0.29, 0.717) is 24.2 Å². The van der Waals surface area contributed by atoms with Gasteiger partial charge in [0.05, 0.1) is 25.7 Å². The molecule has 3 atom stereocenters. The summed E-state index contributed by atoms with van der Waals surface area (Å²) in [4.78, 5) is 35.8. The zero-order chi connectivity index (χ0) is 26.4. The van der Waals surface area contributed by atoms with E-state index in [2.05, 4.69) is 16.8 Å². The van der Waals surface area contributed by atoms with Gasteiger partial charge in [0.15, 0.2) is 0 Å². The Labute approximate surface area is 211 Å². The number of ether oxygens (including phenoxy) is 1. The molecule has 2 aromatic rings. The van der Waals surface area contributed by atoms with E-state index in [1.54, 1.807) is 31.1 Å². The van der Waals surface area contributed by atoms with Gasteiger partial charge in [-0.25, -0.2) is 9.37 Å². The third-order valence-corrected chi connectivity index (χ3v) is 6.04. The second-order valence-corrected chi connectivity index (χ2v) is 9.43. The second-order valence-electron chi connectivity index (χ2n) is 9.43. The van der Waals surface area contributed by atoms with E-state index in [1.807, 2.05) is 25.9 Å². The van der Waals surface area contributed by atoms with Gasteiger partial charge in [-0.05, 0) is 51.4 Å². The van der Waals surface area contributed by atoms with Crippen LogP contribution in [0.5, 0.6) is 5.88 Å². The van der Waals surface area contributed by atoms with Gasteiger partial charge in [0.2, 0.25) is 5.88 Å². The van der Waals surface area contributed by atoms with Crippen LogP contribution in [0.25, 0.3) is 0 Å². The number of carbonyl (C=O) groups is 2. The highest BCUT2D eigenvalue weighted by molar-refractivity contribution is 5.97. The molecule has 2 heterocycles. The largest absolute Gasteiger partial charge is 0.472 e. The second kappa shape index (κ2) is 12.0. The molecule has 36 heavy (non-hydrogen) atoms. The molecule has 0 aliphatic carbocycles. The number of hydrogen-bond donors (Lipinski definition) is 1. The summed E-state index contributed by atoms with van der Waals surface area (Å²) in [5.41, 5.74) is 1.21. The predicted molar refractivity (Wildman–Crippen MR) is 134 cm³/mol. The van der Waals surface area contributed by atoms with E-state index < -0.39 is 18.0 Å². The van der Waals surface area contributed by atoms with Gasteiger partial charge in [-0.2, -0.15) is 0 Å². The first kappa shape index (κ1) is 27.1. The lowest BCUT2D eigenvalue weighted by Crippen LogP contribution is -2.50. The summed E-state index contributed by atoms with van der Waals surface area (Å²) < 4.78 is 19.5. The lowest BCUT2D eigenvalue weighted by atomic mass is 9.99. The average Bonchev–Trinajstić information content (AvgIpc) is 2.85. The van der Waals surface area contributed by atoms with Gasteiger partial charge in [-0.3, -0.25) is 14.5 Å². The van der Waals surface area contributed by atoms with Crippen molar-refractivity contribution < 1.29 is 23.8 Å². The topological polar surface area (TPSA) is 86.2 Å². The first-order valence-corrected chi connectivity index (χ1v) is 11.8. The molecule has 2 amide bonds. The van der Waals surface area contributed by atoms with Crippen molar-refractivity contribution >= 4 is 11.8 Å². The number of aliphatic hydroxyl groups is 1. The number of benzene rings is 1. The number of halogens is 1. The van der Waals surface area contributed by atoms with Gasteiger partial charge in [0.1, 0.15) is 17.5 Å². The Morgan fingerprint density at radius 2 is 2.00 bits per heavy atom. The number of aliphatic hydroxyl groups excluding tert-OH is 1. The standard InChI is InChI=1S/C27H33FN4O4/c1-18-15-32(19(2)17-33)27(35)23-13-20(7-6-12-30(3)4)14-29-25(23)36-24(18)16-31(5)26(34)21-8-10-22(28)11-9-21/h8-11,13-14,18-19,24,33H,12,15-17H2,1-5H3/t18-,19-,24+/m1/s1. The molecule has 9 heteroatoms. The summed E-state index contributed by atoms with van der Waals surface area (Å²) in [5.74, 6) is 5.05. The Hall–Kier alpha value is -3.48. The minimum absolute atomic E-state index is 0.160. The molecule has 1 aromatic carbocycles. The molecular formula is C27H33FN4O4. The van der Waals surface area contributed by atoms with Gasteiger partial charge >= 0.3 is 0 Å². The van der Waals surface area contributed by atoms with Crippen molar-refractivity contribution in [3.05, 3.63) is 59.0 Å². The van der Waals surface area contributed by atoms with Gasteiger partial charge in [0, 0.05) is 36.8 Å². The van der Waals surface area contributed by atoms with Gasteiger partial charge in [-0.15, -0.1) is 0 Å². The summed E-state index contributed by atoms with van der Waals surface area (Å²) in [6.45, 7) is 4.61. The Balaban J connectivity index is 1.92. The highest BCUT2D eigenvalue weighted by atomic mass is 19.1. The van der Waals surface area contributed by atoms with E-state index in [-0.39, 0.29) is 42.3 Å².